The number of carbonyl (C=O) groups is 2. The Morgan fingerprint density at radius 3 is 2.69 bits per heavy atom. The molecule has 0 unspecified atom stereocenters. The topological polar surface area (TPSA) is 68.5 Å². The highest BCUT2D eigenvalue weighted by Crippen LogP contribution is 2.26. The SMILES string of the molecule is COc1ccc(C(C)=O)cc1NC(=O)/C=C/c1cc2cc(Br)ccc2o1. The monoisotopic (exact) mass is 413 g/mol. The van der Waals surface area contributed by atoms with Crippen LogP contribution in [0.4, 0.5) is 5.69 Å². The molecule has 1 heterocycles. The number of nitrogens with one attached hydrogen (secondary N) is 1. The maximum atomic E-state index is 12.2. The smallest absolute Gasteiger partial charge is 0.248 e. The van der Waals surface area contributed by atoms with Gasteiger partial charge in [0.25, 0.3) is 0 Å². The van der Waals surface area contributed by atoms with Crippen LogP contribution in [0.15, 0.2) is 57.4 Å². The lowest BCUT2D eigenvalue weighted by Crippen LogP contribution is -2.09. The van der Waals surface area contributed by atoms with Gasteiger partial charge in [-0.05, 0) is 55.5 Å². The van der Waals surface area contributed by atoms with Crippen LogP contribution in [0.25, 0.3) is 17.0 Å². The number of benzene rings is 2. The number of furan rings is 1. The molecule has 0 aliphatic heterocycles. The highest BCUT2D eigenvalue weighted by Gasteiger charge is 2.09. The molecule has 1 N–H and O–H groups in total. The van der Waals surface area contributed by atoms with Crippen molar-refractivity contribution in [2.45, 2.75) is 6.92 Å². The summed E-state index contributed by atoms with van der Waals surface area (Å²) in [6.45, 7) is 1.47. The number of ketones is 1. The molecule has 5 nitrogen and oxygen atoms in total. The van der Waals surface area contributed by atoms with E-state index in [9.17, 15) is 9.59 Å². The van der Waals surface area contributed by atoms with Crippen LogP contribution < -0.4 is 10.1 Å². The molecule has 1 aromatic heterocycles. The van der Waals surface area contributed by atoms with Crippen LogP contribution in [0.2, 0.25) is 0 Å². The van der Waals surface area contributed by atoms with Gasteiger partial charge in [0, 0.05) is 21.5 Å². The van der Waals surface area contributed by atoms with E-state index < -0.39 is 0 Å². The van der Waals surface area contributed by atoms with Crippen LogP contribution in [0.1, 0.15) is 23.0 Å². The molecule has 0 radical (unpaired) electrons. The normalized spacial score (nSPS) is 11.0. The molecule has 1 amide bonds. The van der Waals surface area contributed by atoms with E-state index in [0.29, 0.717) is 22.8 Å². The quantitative estimate of drug-likeness (QED) is 0.468. The van der Waals surface area contributed by atoms with Crippen molar-refractivity contribution in [1.29, 1.82) is 0 Å². The number of fused-ring (bicyclic) bond motifs is 1. The molecular formula is C20H16BrNO4. The Kier molecular flexibility index (Phi) is 5.23. The molecule has 0 fully saturated rings. The molecule has 132 valence electrons. The summed E-state index contributed by atoms with van der Waals surface area (Å²) in [6.07, 6.45) is 2.96. The van der Waals surface area contributed by atoms with Gasteiger partial charge in [0.05, 0.1) is 12.8 Å². The van der Waals surface area contributed by atoms with Crippen molar-refractivity contribution in [3.8, 4) is 5.75 Å². The number of anilines is 1. The zero-order chi connectivity index (χ0) is 18.7. The number of methoxy groups -OCH3 is 1. The van der Waals surface area contributed by atoms with Crippen molar-refractivity contribution in [1.82, 2.24) is 0 Å². The Hall–Kier alpha value is -2.86. The van der Waals surface area contributed by atoms with E-state index in [1.807, 2.05) is 24.3 Å². The van der Waals surface area contributed by atoms with Crippen molar-refractivity contribution >= 4 is 50.4 Å². The first-order valence-corrected chi connectivity index (χ1v) is 8.62. The predicted molar refractivity (Wildman–Crippen MR) is 105 cm³/mol. The number of carbonyl (C=O) groups excluding carboxylic acids is 2. The number of ether oxygens (including phenoxy) is 1. The highest BCUT2D eigenvalue weighted by molar-refractivity contribution is 9.10. The van der Waals surface area contributed by atoms with E-state index in [-0.39, 0.29) is 11.7 Å². The van der Waals surface area contributed by atoms with E-state index in [2.05, 4.69) is 21.2 Å². The first kappa shape index (κ1) is 17.9. The summed E-state index contributed by atoms with van der Waals surface area (Å²) in [5.41, 5.74) is 1.67. The van der Waals surface area contributed by atoms with Crippen molar-refractivity contribution in [2.75, 3.05) is 12.4 Å². The minimum absolute atomic E-state index is 0.0906. The average Bonchev–Trinajstić information content (AvgIpc) is 3.01. The lowest BCUT2D eigenvalue weighted by Gasteiger charge is -2.10. The first-order valence-electron chi connectivity index (χ1n) is 7.83. The number of hydrogen-bond donors (Lipinski definition) is 1. The summed E-state index contributed by atoms with van der Waals surface area (Å²) in [5, 5.41) is 3.66. The van der Waals surface area contributed by atoms with Gasteiger partial charge in [-0.15, -0.1) is 0 Å². The van der Waals surface area contributed by atoms with Crippen LogP contribution in [0.5, 0.6) is 5.75 Å². The summed E-state index contributed by atoms with van der Waals surface area (Å²) >= 11 is 3.41. The number of amides is 1. The third-order valence-electron chi connectivity index (χ3n) is 3.76. The van der Waals surface area contributed by atoms with Gasteiger partial charge in [0.1, 0.15) is 17.1 Å². The largest absolute Gasteiger partial charge is 0.495 e. The number of rotatable bonds is 5. The van der Waals surface area contributed by atoms with Gasteiger partial charge in [-0.2, -0.15) is 0 Å². The molecular weight excluding hydrogens is 398 g/mol. The second kappa shape index (κ2) is 7.58. The minimum atomic E-state index is -0.356. The van der Waals surface area contributed by atoms with Gasteiger partial charge < -0.3 is 14.5 Å². The second-order valence-corrected chi connectivity index (χ2v) is 6.54. The molecule has 0 spiro atoms. The molecule has 0 saturated heterocycles. The third kappa shape index (κ3) is 4.03. The van der Waals surface area contributed by atoms with E-state index in [1.165, 1.54) is 20.1 Å². The van der Waals surface area contributed by atoms with Gasteiger partial charge in [0.15, 0.2) is 5.78 Å². The van der Waals surface area contributed by atoms with E-state index in [1.54, 1.807) is 24.3 Å². The van der Waals surface area contributed by atoms with Crippen LogP contribution in [0.3, 0.4) is 0 Å². The fourth-order valence-corrected chi connectivity index (χ4v) is 2.85. The fraction of sp³-hybridized carbons (Fsp3) is 0.100. The van der Waals surface area contributed by atoms with Gasteiger partial charge in [-0.25, -0.2) is 0 Å². The highest BCUT2D eigenvalue weighted by atomic mass is 79.9. The van der Waals surface area contributed by atoms with Crippen molar-refractivity contribution < 1.29 is 18.7 Å². The second-order valence-electron chi connectivity index (χ2n) is 5.62. The van der Waals surface area contributed by atoms with Gasteiger partial charge in [0.2, 0.25) is 5.91 Å². The van der Waals surface area contributed by atoms with Crippen molar-refractivity contribution in [3.05, 3.63) is 64.3 Å². The number of Topliss-reactive ketones (excluding diaryl/α,β-unsaturated/α-hetero) is 1. The predicted octanol–water partition coefficient (Wildman–Crippen LogP) is 5.06. The Morgan fingerprint density at radius 2 is 1.96 bits per heavy atom. The molecule has 6 heteroatoms. The van der Waals surface area contributed by atoms with E-state index in [0.717, 1.165) is 15.4 Å². The van der Waals surface area contributed by atoms with Crippen molar-refractivity contribution in [2.24, 2.45) is 0 Å². The molecule has 26 heavy (non-hydrogen) atoms. The van der Waals surface area contributed by atoms with Crippen LogP contribution >= 0.6 is 15.9 Å². The Labute approximate surface area is 158 Å². The molecule has 0 aliphatic carbocycles. The Bertz CT molecular complexity index is 1020. The molecule has 3 aromatic rings. The molecule has 3 rings (SSSR count). The Balaban J connectivity index is 1.78. The molecule has 0 bridgehead atoms. The van der Waals surface area contributed by atoms with Crippen LogP contribution in [0, 0.1) is 0 Å². The molecule has 2 aromatic carbocycles. The lowest BCUT2D eigenvalue weighted by atomic mass is 10.1. The van der Waals surface area contributed by atoms with Gasteiger partial charge in [-0.3, -0.25) is 9.59 Å². The summed E-state index contributed by atoms with van der Waals surface area (Å²) in [5.74, 6) is 0.598. The standard InChI is InChI=1S/C20H16BrNO4/c1-12(23)13-3-6-19(25-2)17(11-13)22-20(24)8-5-16-10-14-9-15(21)4-7-18(14)26-16/h3-11H,1-2H3,(H,22,24)/b8-5+. The zero-order valence-corrected chi connectivity index (χ0v) is 15.8. The maximum absolute atomic E-state index is 12.2. The minimum Gasteiger partial charge on any atom is -0.495 e. The fourth-order valence-electron chi connectivity index (χ4n) is 2.47. The zero-order valence-electron chi connectivity index (χ0n) is 14.2. The Morgan fingerprint density at radius 1 is 1.15 bits per heavy atom. The van der Waals surface area contributed by atoms with Gasteiger partial charge in [-0.1, -0.05) is 15.9 Å². The average molecular weight is 414 g/mol. The summed E-state index contributed by atoms with van der Waals surface area (Å²) < 4.78 is 11.8. The van der Waals surface area contributed by atoms with Crippen LogP contribution in [-0.4, -0.2) is 18.8 Å². The van der Waals surface area contributed by atoms with Crippen LogP contribution in [-0.2, 0) is 4.79 Å². The summed E-state index contributed by atoms with van der Waals surface area (Å²) in [6, 6.07) is 12.4. The molecule has 0 aliphatic rings. The summed E-state index contributed by atoms with van der Waals surface area (Å²) in [7, 11) is 1.50. The van der Waals surface area contributed by atoms with Gasteiger partial charge >= 0.3 is 0 Å². The van der Waals surface area contributed by atoms with E-state index >= 15 is 0 Å². The van der Waals surface area contributed by atoms with E-state index in [4.69, 9.17) is 9.15 Å². The molecule has 0 saturated carbocycles. The number of hydrogen-bond acceptors (Lipinski definition) is 4. The summed E-state index contributed by atoms with van der Waals surface area (Å²) in [4.78, 5) is 23.7. The third-order valence-corrected chi connectivity index (χ3v) is 4.25. The maximum Gasteiger partial charge on any atom is 0.248 e. The lowest BCUT2D eigenvalue weighted by molar-refractivity contribution is -0.111. The number of halogens is 1. The van der Waals surface area contributed by atoms with Crippen molar-refractivity contribution in [3.63, 3.8) is 0 Å². The molecule has 0 atom stereocenters. The first-order chi connectivity index (χ1) is 12.5.